The van der Waals surface area contributed by atoms with E-state index in [4.69, 9.17) is 4.74 Å². The first kappa shape index (κ1) is 16.8. The molecule has 2 aliphatic heterocycles. The molecule has 1 spiro atoms. The van der Waals surface area contributed by atoms with Gasteiger partial charge in [-0.2, -0.15) is 0 Å². The first-order valence-corrected chi connectivity index (χ1v) is 8.45. The highest BCUT2D eigenvalue weighted by Gasteiger charge is 2.50. The molecule has 1 aromatic rings. The summed E-state index contributed by atoms with van der Waals surface area (Å²) in [6.45, 7) is 3.28. The highest BCUT2D eigenvalue weighted by Crippen LogP contribution is 2.37. The molecule has 2 amide bonds. The number of likely N-dealkylation sites (tertiary alicyclic amines) is 1. The number of aliphatic hydroxyl groups is 1. The number of nitrogens with zero attached hydrogens (tertiary/aromatic N) is 1. The molecule has 130 valence electrons. The number of amides is 2. The zero-order valence-corrected chi connectivity index (χ0v) is 14.0. The van der Waals surface area contributed by atoms with Crippen LogP contribution in [0.15, 0.2) is 24.3 Å². The van der Waals surface area contributed by atoms with E-state index in [0.29, 0.717) is 31.7 Å². The molecule has 0 aromatic heterocycles. The summed E-state index contributed by atoms with van der Waals surface area (Å²) in [5, 5.41) is 13.2. The normalized spacial score (nSPS) is 27.0. The second-order valence-electron chi connectivity index (χ2n) is 6.74. The maximum Gasteiger partial charge on any atom is 0.260 e. The Bertz CT molecular complexity index is 616. The molecule has 2 aliphatic rings. The van der Waals surface area contributed by atoms with Gasteiger partial charge in [-0.25, -0.2) is 0 Å². The smallest absolute Gasteiger partial charge is 0.260 e. The second kappa shape index (κ2) is 6.81. The standard InChI is InChI=1S/C18H24N2O4/c1-13-3-5-14(6-4-13)24-11-16(22)20-10-7-15(21)18(12-20)8-2-9-19-17(18)23/h3-6,15,21H,2,7-12H2,1H3,(H,19,23)/t15-,18-/m1/s1. The van der Waals surface area contributed by atoms with Crippen molar-refractivity contribution in [2.75, 3.05) is 26.2 Å². The quantitative estimate of drug-likeness (QED) is 0.861. The van der Waals surface area contributed by atoms with Crippen LogP contribution in [0.5, 0.6) is 5.75 Å². The minimum Gasteiger partial charge on any atom is -0.484 e. The average Bonchev–Trinajstić information content (AvgIpc) is 2.59. The fraction of sp³-hybridized carbons (Fsp3) is 0.556. The van der Waals surface area contributed by atoms with E-state index in [9.17, 15) is 14.7 Å². The Kier molecular flexibility index (Phi) is 4.76. The molecule has 0 saturated carbocycles. The van der Waals surface area contributed by atoms with Crippen molar-refractivity contribution in [3.8, 4) is 5.75 Å². The first-order valence-electron chi connectivity index (χ1n) is 8.45. The van der Waals surface area contributed by atoms with Gasteiger partial charge in [0, 0.05) is 19.6 Å². The van der Waals surface area contributed by atoms with E-state index < -0.39 is 11.5 Å². The Balaban J connectivity index is 1.62. The van der Waals surface area contributed by atoms with Crippen LogP contribution in [0.25, 0.3) is 0 Å². The van der Waals surface area contributed by atoms with Crippen LogP contribution in [0.3, 0.4) is 0 Å². The minimum atomic E-state index is -0.865. The number of rotatable bonds is 3. The second-order valence-corrected chi connectivity index (χ2v) is 6.74. The Morgan fingerprint density at radius 1 is 1.42 bits per heavy atom. The van der Waals surface area contributed by atoms with Crippen molar-refractivity contribution in [1.29, 1.82) is 0 Å². The lowest BCUT2D eigenvalue weighted by Crippen LogP contribution is -2.62. The maximum atomic E-state index is 12.5. The van der Waals surface area contributed by atoms with Gasteiger partial charge in [0.15, 0.2) is 6.61 Å². The van der Waals surface area contributed by atoms with Crippen molar-refractivity contribution in [2.24, 2.45) is 5.41 Å². The molecule has 2 saturated heterocycles. The molecule has 2 N–H and O–H groups in total. The van der Waals surface area contributed by atoms with Crippen LogP contribution in [0.4, 0.5) is 0 Å². The molecule has 3 rings (SSSR count). The van der Waals surface area contributed by atoms with E-state index in [2.05, 4.69) is 5.32 Å². The summed E-state index contributed by atoms with van der Waals surface area (Å²) in [5.74, 6) is 0.356. The van der Waals surface area contributed by atoms with Gasteiger partial charge in [-0.05, 0) is 38.3 Å². The van der Waals surface area contributed by atoms with Crippen molar-refractivity contribution < 1.29 is 19.4 Å². The lowest BCUT2D eigenvalue weighted by Gasteiger charge is -2.46. The summed E-state index contributed by atoms with van der Waals surface area (Å²) in [5.41, 5.74) is 0.264. The maximum absolute atomic E-state index is 12.5. The van der Waals surface area contributed by atoms with Gasteiger partial charge >= 0.3 is 0 Å². The monoisotopic (exact) mass is 332 g/mol. The highest BCUT2D eigenvalue weighted by atomic mass is 16.5. The number of piperidine rings is 2. The number of hydrogen-bond donors (Lipinski definition) is 2. The zero-order chi connectivity index (χ0) is 17.2. The predicted octanol–water partition coefficient (Wildman–Crippen LogP) is 0.863. The Morgan fingerprint density at radius 3 is 2.88 bits per heavy atom. The third-order valence-corrected chi connectivity index (χ3v) is 5.06. The van der Waals surface area contributed by atoms with Crippen LogP contribution in [0, 0.1) is 12.3 Å². The number of benzene rings is 1. The number of ether oxygens (including phenoxy) is 1. The van der Waals surface area contributed by atoms with Crippen molar-refractivity contribution in [1.82, 2.24) is 10.2 Å². The number of aryl methyl sites for hydroxylation is 1. The van der Waals surface area contributed by atoms with E-state index in [0.717, 1.165) is 12.0 Å². The predicted molar refractivity (Wildman–Crippen MR) is 88.6 cm³/mol. The van der Waals surface area contributed by atoms with Gasteiger partial charge in [0.2, 0.25) is 5.91 Å². The van der Waals surface area contributed by atoms with Crippen LogP contribution in [0.2, 0.25) is 0 Å². The number of nitrogens with one attached hydrogen (secondary N) is 1. The summed E-state index contributed by atoms with van der Waals surface area (Å²) >= 11 is 0. The van der Waals surface area contributed by atoms with E-state index in [1.165, 1.54) is 0 Å². The molecule has 0 radical (unpaired) electrons. The molecule has 6 nitrogen and oxygen atoms in total. The molecule has 0 bridgehead atoms. The van der Waals surface area contributed by atoms with Gasteiger partial charge in [-0.3, -0.25) is 9.59 Å². The van der Waals surface area contributed by atoms with Crippen LogP contribution >= 0.6 is 0 Å². The first-order chi connectivity index (χ1) is 11.5. The topological polar surface area (TPSA) is 78.9 Å². The third-order valence-electron chi connectivity index (χ3n) is 5.06. The van der Waals surface area contributed by atoms with Gasteiger partial charge in [0.25, 0.3) is 5.91 Å². The summed E-state index contributed by atoms with van der Waals surface area (Å²) in [4.78, 5) is 26.4. The number of aliphatic hydroxyl groups excluding tert-OH is 1. The van der Waals surface area contributed by atoms with E-state index in [1.54, 1.807) is 4.90 Å². The van der Waals surface area contributed by atoms with E-state index in [-0.39, 0.29) is 25.0 Å². The fourth-order valence-electron chi connectivity index (χ4n) is 3.53. The Labute approximate surface area is 141 Å². The van der Waals surface area contributed by atoms with Crippen molar-refractivity contribution in [2.45, 2.75) is 32.3 Å². The molecule has 24 heavy (non-hydrogen) atoms. The van der Waals surface area contributed by atoms with Crippen LogP contribution < -0.4 is 10.1 Å². The van der Waals surface area contributed by atoms with Gasteiger partial charge in [-0.1, -0.05) is 17.7 Å². The Morgan fingerprint density at radius 2 is 2.17 bits per heavy atom. The van der Waals surface area contributed by atoms with E-state index >= 15 is 0 Å². The lowest BCUT2D eigenvalue weighted by molar-refractivity contribution is -0.155. The largest absolute Gasteiger partial charge is 0.484 e. The van der Waals surface area contributed by atoms with Crippen LogP contribution in [-0.4, -0.2) is 54.2 Å². The Hall–Kier alpha value is -2.08. The highest BCUT2D eigenvalue weighted by molar-refractivity contribution is 5.86. The minimum absolute atomic E-state index is 0.0587. The van der Waals surface area contributed by atoms with E-state index in [1.807, 2.05) is 31.2 Å². The third kappa shape index (κ3) is 3.24. The molecule has 6 heteroatoms. The van der Waals surface area contributed by atoms with Gasteiger partial charge < -0.3 is 20.1 Å². The van der Waals surface area contributed by atoms with Crippen molar-refractivity contribution in [3.63, 3.8) is 0 Å². The number of carbonyl (C=O) groups is 2. The molecule has 2 atom stereocenters. The summed E-state index contributed by atoms with van der Waals surface area (Å²) in [6.07, 6.45) is 1.16. The molecule has 0 aliphatic carbocycles. The summed E-state index contributed by atoms with van der Waals surface area (Å²) in [6, 6.07) is 7.52. The summed E-state index contributed by atoms with van der Waals surface area (Å²) < 4.78 is 5.55. The summed E-state index contributed by atoms with van der Waals surface area (Å²) in [7, 11) is 0. The molecule has 1 aromatic carbocycles. The molecule has 2 heterocycles. The SMILES string of the molecule is Cc1ccc(OCC(=O)N2CC[C@@H](O)[C@@]3(CCCNC3=O)C2)cc1. The number of carbonyl (C=O) groups excluding carboxylic acids is 2. The van der Waals surface area contributed by atoms with Gasteiger partial charge in [0.05, 0.1) is 11.5 Å². The molecule has 0 unspecified atom stereocenters. The number of hydrogen-bond acceptors (Lipinski definition) is 4. The van der Waals surface area contributed by atoms with Crippen molar-refractivity contribution >= 4 is 11.8 Å². The molecular formula is C18H24N2O4. The van der Waals surface area contributed by atoms with Crippen LogP contribution in [0.1, 0.15) is 24.8 Å². The zero-order valence-electron chi connectivity index (χ0n) is 14.0. The average molecular weight is 332 g/mol. The van der Waals surface area contributed by atoms with Gasteiger partial charge in [-0.15, -0.1) is 0 Å². The fourth-order valence-corrected chi connectivity index (χ4v) is 3.53. The van der Waals surface area contributed by atoms with Crippen LogP contribution in [-0.2, 0) is 9.59 Å². The molecular weight excluding hydrogens is 308 g/mol. The molecule has 2 fully saturated rings. The van der Waals surface area contributed by atoms with Crippen molar-refractivity contribution in [3.05, 3.63) is 29.8 Å². The lowest BCUT2D eigenvalue weighted by atomic mass is 9.71. The van der Waals surface area contributed by atoms with Gasteiger partial charge in [0.1, 0.15) is 5.75 Å².